The van der Waals surface area contributed by atoms with Gasteiger partial charge in [0.15, 0.2) is 17.2 Å². The summed E-state index contributed by atoms with van der Waals surface area (Å²) in [5.74, 6) is 1.41. The zero-order valence-corrected chi connectivity index (χ0v) is 8.94. The molecule has 0 saturated heterocycles. The van der Waals surface area contributed by atoms with Crippen LogP contribution in [0.15, 0.2) is 28.7 Å². The topological polar surface area (TPSA) is 56.2 Å². The van der Waals surface area contributed by atoms with Crippen LogP contribution in [0, 0.1) is 18.2 Å². The number of nitrogens with two attached hydrogens (primary N) is 1. The number of carbonyl (C=O) groups excluding carboxylic acids is 1. The van der Waals surface area contributed by atoms with Gasteiger partial charge in [0.1, 0.15) is 0 Å². The molecule has 0 saturated carbocycles. The molecule has 0 spiro atoms. The highest BCUT2D eigenvalue weighted by Gasteiger charge is 2.19. The molecule has 1 aromatic carbocycles. The lowest BCUT2D eigenvalue weighted by Gasteiger charge is -2.02. The van der Waals surface area contributed by atoms with E-state index in [9.17, 15) is 9.18 Å². The van der Waals surface area contributed by atoms with E-state index in [1.165, 1.54) is 12.1 Å². The lowest BCUT2D eigenvalue weighted by Crippen LogP contribution is -2.29. The SMILES string of the molecule is C#CCC(N)C(=O)c1cc2cccc(F)c2o1. The molecule has 1 heterocycles. The average Bonchev–Trinajstić information content (AvgIpc) is 2.73. The minimum atomic E-state index is -0.816. The summed E-state index contributed by atoms with van der Waals surface area (Å²) in [7, 11) is 0. The molecular weight excluding hydrogens is 221 g/mol. The molecule has 0 fully saturated rings. The van der Waals surface area contributed by atoms with Gasteiger partial charge in [-0.1, -0.05) is 12.1 Å². The van der Waals surface area contributed by atoms with Crippen LogP contribution in [0.3, 0.4) is 0 Å². The number of hydrogen-bond acceptors (Lipinski definition) is 3. The summed E-state index contributed by atoms with van der Waals surface area (Å²) in [4.78, 5) is 11.8. The Kier molecular flexibility index (Phi) is 2.94. The Hall–Kier alpha value is -2.12. The van der Waals surface area contributed by atoms with Gasteiger partial charge in [0, 0.05) is 11.8 Å². The third-order valence-corrected chi connectivity index (χ3v) is 2.41. The van der Waals surface area contributed by atoms with E-state index in [1.54, 1.807) is 12.1 Å². The average molecular weight is 231 g/mol. The number of ketones is 1. The molecule has 0 aliphatic heterocycles. The van der Waals surface area contributed by atoms with Gasteiger partial charge >= 0.3 is 0 Å². The first-order chi connectivity index (χ1) is 8.13. The van der Waals surface area contributed by atoms with Crippen molar-refractivity contribution < 1.29 is 13.6 Å². The Balaban J connectivity index is 2.41. The van der Waals surface area contributed by atoms with Crippen molar-refractivity contribution in [1.82, 2.24) is 0 Å². The Labute approximate surface area is 97.4 Å². The van der Waals surface area contributed by atoms with Crippen molar-refractivity contribution in [3.63, 3.8) is 0 Å². The molecule has 0 radical (unpaired) electrons. The number of furan rings is 1. The molecule has 0 aliphatic carbocycles. The third-order valence-electron chi connectivity index (χ3n) is 2.41. The van der Waals surface area contributed by atoms with Gasteiger partial charge in [0.05, 0.1) is 6.04 Å². The zero-order valence-electron chi connectivity index (χ0n) is 8.94. The van der Waals surface area contributed by atoms with Gasteiger partial charge in [0.25, 0.3) is 0 Å². The van der Waals surface area contributed by atoms with E-state index in [4.69, 9.17) is 16.6 Å². The molecule has 0 amide bonds. The van der Waals surface area contributed by atoms with Crippen molar-refractivity contribution in [3.05, 3.63) is 35.8 Å². The molecule has 1 atom stereocenters. The lowest BCUT2D eigenvalue weighted by molar-refractivity contribution is 0.0937. The van der Waals surface area contributed by atoms with E-state index in [0.717, 1.165) is 0 Å². The quantitative estimate of drug-likeness (QED) is 0.650. The summed E-state index contributed by atoms with van der Waals surface area (Å²) in [6.45, 7) is 0. The second-order valence-corrected chi connectivity index (χ2v) is 3.65. The van der Waals surface area contributed by atoms with E-state index >= 15 is 0 Å². The molecule has 86 valence electrons. The minimum Gasteiger partial charge on any atom is -0.450 e. The van der Waals surface area contributed by atoms with Gasteiger partial charge in [-0.05, 0) is 12.1 Å². The number of carbonyl (C=O) groups is 1. The van der Waals surface area contributed by atoms with Gasteiger partial charge < -0.3 is 10.2 Å². The predicted molar refractivity (Wildman–Crippen MR) is 61.9 cm³/mol. The number of para-hydroxylation sites is 1. The Morgan fingerprint density at radius 1 is 1.59 bits per heavy atom. The molecule has 3 nitrogen and oxygen atoms in total. The van der Waals surface area contributed by atoms with Crippen LogP contribution >= 0.6 is 0 Å². The van der Waals surface area contributed by atoms with E-state index in [0.29, 0.717) is 5.39 Å². The van der Waals surface area contributed by atoms with E-state index < -0.39 is 17.6 Å². The van der Waals surface area contributed by atoms with Crippen LogP contribution in [0.5, 0.6) is 0 Å². The van der Waals surface area contributed by atoms with Crippen molar-refractivity contribution in [3.8, 4) is 12.3 Å². The first-order valence-electron chi connectivity index (χ1n) is 5.05. The number of hydrogen-bond donors (Lipinski definition) is 1. The van der Waals surface area contributed by atoms with Crippen molar-refractivity contribution >= 4 is 16.8 Å². The number of fused-ring (bicyclic) bond motifs is 1. The summed E-state index contributed by atoms with van der Waals surface area (Å²) in [5, 5.41) is 0.529. The maximum atomic E-state index is 13.3. The van der Waals surface area contributed by atoms with Gasteiger partial charge in [-0.15, -0.1) is 12.3 Å². The number of benzene rings is 1. The maximum absolute atomic E-state index is 13.3. The van der Waals surface area contributed by atoms with Crippen LogP contribution in [-0.2, 0) is 0 Å². The highest BCUT2D eigenvalue weighted by Crippen LogP contribution is 2.22. The van der Waals surface area contributed by atoms with E-state index in [-0.39, 0.29) is 17.8 Å². The smallest absolute Gasteiger partial charge is 0.215 e. The van der Waals surface area contributed by atoms with E-state index in [1.807, 2.05) is 0 Å². The number of halogens is 1. The molecule has 1 aromatic heterocycles. The van der Waals surface area contributed by atoms with Crippen molar-refractivity contribution in [2.24, 2.45) is 5.73 Å². The number of rotatable bonds is 3. The summed E-state index contributed by atoms with van der Waals surface area (Å²) >= 11 is 0. The molecule has 2 rings (SSSR count). The summed E-state index contributed by atoms with van der Waals surface area (Å²) < 4.78 is 18.5. The van der Waals surface area contributed by atoms with Crippen LogP contribution < -0.4 is 5.73 Å². The van der Waals surface area contributed by atoms with Crippen LogP contribution in [0.2, 0.25) is 0 Å². The lowest BCUT2D eigenvalue weighted by atomic mass is 10.1. The fourth-order valence-electron chi connectivity index (χ4n) is 1.55. The molecule has 17 heavy (non-hydrogen) atoms. The van der Waals surface area contributed by atoms with Crippen LogP contribution in [0.25, 0.3) is 11.0 Å². The van der Waals surface area contributed by atoms with Crippen LogP contribution in [0.1, 0.15) is 17.0 Å². The molecule has 0 bridgehead atoms. The second kappa shape index (κ2) is 4.40. The Bertz CT molecular complexity index is 609. The summed E-state index contributed by atoms with van der Waals surface area (Å²) in [6, 6.07) is 5.12. The first-order valence-corrected chi connectivity index (χ1v) is 5.05. The maximum Gasteiger partial charge on any atom is 0.215 e. The fraction of sp³-hybridized carbons (Fsp3) is 0.154. The second-order valence-electron chi connectivity index (χ2n) is 3.65. The van der Waals surface area contributed by atoms with Gasteiger partial charge in [-0.3, -0.25) is 4.79 Å². The molecule has 4 heteroatoms. The van der Waals surface area contributed by atoms with Gasteiger partial charge in [-0.2, -0.15) is 0 Å². The molecule has 0 aliphatic rings. The number of Topliss-reactive ketones (excluding diaryl/α,β-unsaturated/α-hetero) is 1. The van der Waals surface area contributed by atoms with E-state index in [2.05, 4.69) is 5.92 Å². The fourth-order valence-corrected chi connectivity index (χ4v) is 1.55. The minimum absolute atomic E-state index is 0.0350. The molecule has 2 aromatic rings. The Morgan fingerprint density at radius 3 is 3.00 bits per heavy atom. The predicted octanol–water partition coefficient (Wildman–Crippen LogP) is 2.11. The number of terminal acetylenes is 1. The zero-order chi connectivity index (χ0) is 12.4. The van der Waals surface area contributed by atoms with Crippen molar-refractivity contribution in [2.75, 3.05) is 0 Å². The van der Waals surface area contributed by atoms with Crippen LogP contribution in [-0.4, -0.2) is 11.8 Å². The first kappa shape index (κ1) is 11.4. The highest BCUT2D eigenvalue weighted by molar-refractivity contribution is 6.01. The van der Waals surface area contributed by atoms with Gasteiger partial charge in [0.2, 0.25) is 5.78 Å². The summed E-state index contributed by atoms with van der Waals surface area (Å²) in [5.41, 5.74) is 5.63. The third kappa shape index (κ3) is 2.05. The largest absolute Gasteiger partial charge is 0.450 e. The molecular formula is C13H10FNO2. The van der Waals surface area contributed by atoms with Crippen molar-refractivity contribution in [2.45, 2.75) is 12.5 Å². The molecule has 1 unspecified atom stereocenters. The van der Waals surface area contributed by atoms with Crippen molar-refractivity contribution in [1.29, 1.82) is 0 Å². The Morgan fingerprint density at radius 2 is 2.35 bits per heavy atom. The standard InChI is InChI=1S/C13H10FNO2/c1-2-4-10(15)12(16)11-7-8-5-3-6-9(14)13(8)17-11/h1,3,5-7,10H,4,15H2. The monoisotopic (exact) mass is 231 g/mol. The van der Waals surface area contributed by atoms with Crippen LogP contribution in [0.4, 0.5) is 4.39 Å². The molecule has 2 N–H and O–H groups in total. The summed E-state index contributed by atoms with van der Waals surface area (Å²) in [6.07, 6.45) is 5.20. The normalized spacial score (nSPS) is 12.3. The van der Waals surface area contributed by atoms with Gasteiger partial charge in [-0.25, -0.2) is 4.39 Å². The highest BCUT2D eigenvalue weighted by atomic mass is 19.1.